The van der Waals surface area contributed by atoms with Gasteiger partial charge in [-0.3, -0.25) is 9.20 Å². The molecule has 1 aromatic rings. The van der Waals surface area contributed by atoms with E-state index in [-0.39, 0.29) is 34.8 Å². The molecule has 0 spiro atoms. The number of guanidine groups is 1. The van der Waals surface area contributed by atoms with Gasteiger partial charge in [0.1, 0.15) is 0 Å². The zero-order valence-corrected chi connectivity index (χ0v) is 18.4. The van der Waals surface area contributed by atoms with Gasteiger partial charge in [-0.2, -0.15) is 0 Å². The maximum absolute atomic E-state index is 11.9. The number of benzene rings is 1. The highest BCUT2D eigenvalue weighted by Crippen LogP contribution is 2.25. The molecule has 8 heteroatoms. The van der Waals surface area contributed by atoms with Crippen molar-refractivity contribution in [3.05, 3.63) is 33.8 Å². The Hall–Kier alpha value is -0.0500. The quantitative estimate of drug-likeness (QED) is 0.369. The second-order valence-electron chi connectivity index (χ2n) is 5.96. The second kappa shape index (κ2) is 10.1. The van der Waals surface area contributed by atoms with Crippen LogP contribution < -0.4 is 11.1 Å². The number of hydrogen-bond donors (Lipinski definition) is 2. The molecule has 132 valence electrons. The molecule has 1 aromatic carbocycles. The highest BCUT2D eigenvalue weighted by atomic mass is 127. The molecule has 0 aromatic heterocycles. The number of nitrogens with zero attached hydrogens (tertiary/aromatic N) is 1. The average Bonchev–Trinajstić information content (AvgIpc) is 2.36. The van der Waals surface area contributed by atoms with Crippen LogP contribution in [0.3, 0.4) is 0 Å². The van der Waals surface area contributed by atoms with E-state index in [0.29, 0.717) is 28.3 Å². The SMILES string of the molecule is CC(NC(N)=NCCS(=O)C(C)(C)C)c1ccc(Cl)cc1Cl.I. The molecule has 1 rings (SSSR count). The average molecular weight is 492 g/mol. The maximum atomic E-state index is 11.9. The third-order valence-electron chi connectivity index (χ3n) is 3.04. The van der Waals surface area contributed by atoms with Gasteiger partial charge in [0.2, 0.25) is 0 Å². The van der Waals surface area contributed by atoms with Crippen molar-refractivity contribution in [3.8, 4) is 0 Å². The van der Waals surface area contributed by atoms with Crippen molar-refractivity contribution >= 4 is 63.9 Å². The molecular weight excluding hydrogens is 468 g/mol. The van der Waals surface area contributed by atoms with Crippen LogP contribution in [-0.2, 0) is 10.8 Å². The maximum Gasteiger partial charge on any atom is 0.189 e. The van der Waals surface area contributed by atoms with E-state index in [1.807, 2.05) is 33.8 Å². The van der Waals surface area contributed by atoms with Gasteiger partial charge in [-0.25, -0.2) is 0 Å². The van der Waals surface area contributed by atoms with Gasteiger partial charge in [0.05, 0.1) is 12.6 Å². The van der Waals surface area contributed by atoms with Crippen LogP contribution in [0, 0.1) is 0 Å². The first-order valence-electron chi connectivity index (χ1n) is 7.01. The molecule has 0 saturated heterocycles. The fraction of sp³-hybridized carbons (Fsp3) is 0.533. The number of nitrogens with one attached hydrogen (secondary N) is 1. The van der Waals surface area contributed by atoms with Crippen LogP contribution in [0.4, 0.5) is 0 Å². The molecule has 0 radical (unpaired) electrons. The van der Waals surface area contributed by atoms with E-state index >= 15 is 0 Å². The van der Waals surface area contributed by atoms with Gasteiger partial charge in [-0.15, -0.1) is 24.0 Å². The number of nitrogens with two attached hydrogens (primary N) is 1. The molecule has 2 atom stereocenters. The number of aliphatic imine (C=N–C) groups is 1. The summed E-state index contributed by atoms with van der Waals surface area (Å²) in [6, 6.07) is 5.23. The van der Waals surface area contributed by atoms with E-state index in [4.69, 9.17) is 28.9 Å². The summed E-state index contributed by atoms with van der Waals surface area (Å²) >= 11 is 12.0. The summed E-state index contributed by atoms with van der Waals surface area (Å²) in [5.41, 5.74) is 6.75. The highest BCUT2D eigenvalue weighted by Gasteiger charge is 2.18. The van der Waals surface area contributed by atoms with E-state index in [1.54, 1.807) is 12.1 Å². The lowest BCUT2D eigenvalue weighted by molar-refractivity contribution is 0.648. The van der Waals surface area contributed by atoms with Crippen molar-refractivity contribution in [2.75, 3.05) is 12.3 Å². The Balaban J connectivity index is 0.00000484. The largest absolute Gasteiger partial charge is 0.370 e. The molecule has 0 saturated carbocycles. The zero-order valence-electron chi connectivity index (χ0n) is 13.7. The first-order valence-corrected chi connectivity index (χ1v) is 9.08. The summed E-state index contributed by atoms with van der Waals surface area (Å²) in [6.45, 7) is 8.19. The van der Waals surface area contributed by atoms with Crippen LogP contribution in [0.5, 0.6) is 0 Å². The van der Waals surface area contributed by atoms with E-state index in [0.717, 1.165) is 5.56 Å². The highest BCUT2D eigenvalue weighted by molar-refractivity contribution is 14.0. The Morgan fingerprint density at radius 2 is 2.00 bits per heavy atom. The molecule has 0 fully saturated rings. The fourth-order valence-electron chi connectivity index (χ4n) is 1.75. The molecule has 2 unspecified atom stereocenters. The van der Waals surface area contributed by atoms with Crippen LogP contribution in [0.15, 0.2) is 23.2 Å². The third kappa shape index (κ3) is 8.05. The molecule has 0 bridgehead atoms. The Morgan fingerprint density at radius 3 is 2.52 bits per heavy atom. The smallest absolute Gasteiger partial charge is 0.189 e. The Labute approximate surface area is 168 Å². The molecule has 0 aliphatic carbocycles. The first kappa shape index (κ1) is 22.9. The summed E-state index contributed by atoms with van der Waals surface area (Å²) < 4.78 is 11.7. The lowest BCUT2D eigenvalue weighted by Gasteiger charge is -2.18. The van der Waals surface area contributed by atoms with Crippen LogP contribution in [0.1, 0.15) is 39.3 Å². The zero-order chi connectivity index (χ0) is 16.9. The van der Waals surface area contributed by atoms with E-state index in [2.05, 4.69) is 10.3 Å². The van der Waals surface area contributed by atoms with E-state index in [1.165, 1.54) is 0 Å². The molecule has 0 amide bonds. The third-order valence-corrected chi connectivity index (χ3v) is 5.52. The Morgan fingerprint density at radius 1 is 1.39 bits per heavy atom. The van der Waals surface area contributed by atoms with Gasteiger partial charge >= 0.3 is 0 Å². The van der Waals surface area contributed by atoms with Crippen molar-refractivity contribution in [1.82, 2.24) is 5.32 Å². The minimum absolute atomic E-state index is 0. The van der Waals surface area contributed by atoms with Crippen molar-refractivity contribution in [2.24, 2.45) is 10.7 Å². The van der Waals surface area contributed by atoms with Crippen molar-refractivity contribution in [3.63, 3.8) is 0 Å². The lowest BCUT2D eigenvalue weighted by atomic mass is 10.1. The first-order chi connectivity index (χ1) is 10.1. The fourth-order valence-corrected chi connectivity index (χ4v) is 3.19. The van der Waals surface area contributed by atoms with Gasteiger partial charge in [-0.1, -0.05) is 29.3 Å². The molecule has 4 nitrogen and oxygen atoms in total. The normalized spacial score (nSPS) is 14.8. The van der Waals surface area contributed by atoms with Crippen LogP contribution >= 0.6 is 47.2 Å². The van der Waals surface area contributed by atoms with Gasteiger partial charge < -0.3 is 11.1 Å². The monoisotopic (exact) mass is 491 g/mol. The molecule has 0 aliphatic heterocycles. The minimum Gasteiger partial charge on any atom is -0.370 e. The summed E-state index contributed by atoms with van der Waals surface area (Å²) in [5.74, 6) is 0.798. The number of hydrogen-bond acceptors (Lipinski definition) is 2. The molecular formula is C15H24Cl2IN3OS. The summed E-state index contributed by atoms with van der Waals surface area (Å²) in [4.78, 5) is 4.21. The van der Waals surface area contributed by atoms with E-state index < -0.39 is 10.8 Å². The summed E-state index contributed by atoms with van der Waals surface area (Å²) in [7, 11) is -0.935. The minimum atomic E-state index is -0.935. The van der Waals surface area contributed by atoms with Crippen LogP contribution in [0.25, 0.3) is 0 Å². The summed E-state index contributed by atoms with van der Waals surface area (Å²) in [6.07, 6.45) is 0. The molecule has 0 aliphatic rings. The lowest BCUT2D eigenvalue weighted by Crippen LogP contribution is -2.34. The topological polar surface area (TPSA) is 67.5 Å². The van der Waals surface area contributed by atoms with Gasteiger partial charge in [-0.05, 0) is 45.4 Å². The van der Waals surface area contributed by atoms with Crippen LogP contribution in [-0.4, -0.2) is 27.2 Å². The predicted octanol–water partition coefficient (Wildman–Crippen LogP) is 4.12. The summed E-state index contributed by atoms with van der Waals surface area (Å²) in [5, 5.41) is 4.24. The Kier molecular flexibility index (Phi) is 10.0. The van der Waals surface area contributed by atoms with Crippen LogP contribution in [0.2, 0.25) is 10.0 Å². The van der Waals surface area contributed by atoms with Crippen molar-refractivity contribution in [2.45, 2.75) is 38.5 Å². The van der Waals surface area contributed by atoms with Crippen molar-refractivity contribution in [1.29, 1.82) is 0 Å². The van der Waals surface area contributed by atoms with Gasteiger partial charge in [0, 0.05) is 31.3 Å². The Bertz CT molecular complexity index is 576. The second-order valence-corrected chi connectivity index (χ2v) is 9.13. The van der Waals surface area contributed by atoms with Gasteiger partial charge in [0.15, 0.2) is 5.96 Å². The molecule has 0 heterocycles. The number of rotatable bonds is 5. The molecule has 3 N–H and O–H groups in total. The molecule has 23 heavy (non-hydrogen) atoms. The van der Waals surface area contributed by atoms with Crippen molar-refractivity contribution < 1.29 is 4.21 Å². The number of halogens is 3. The predicted molar refractivity (Wildman–Crippen MR) is 113 cm³/mol. The van der Waals surface area contributed by atoms with E-state index in [9.17, 15) is 4.21 Å². The standard InChI is InChI=1S/C15H23Cl2N3OS.HI/c1-10(12-6-5-11(16)9-13(12)17)20-14(18)19-7-8-22(21)15(2,3)4;/h5-6,9-10H,7-8H2,1-4H3,(H3,18,19,20);1H. The van der Waals surface area contributed by atoms with Gasteiger partial charge in [0.25, 0.3) is 0 Å².